The largest absolute Gasteiger partial charge is 0.418 e. The normalized spacial score (nSPS) is 12.5. The summed E-state index contributed by atoms with van der Waals surface area (Å²) < 4.78 is 42.7. The maximum absolute atomic E-state index is 12.6. The molecule has 126 valence electrons. The van der Waals surface area contributed by atoms with Crippen molar-refractivity contribution in [3.63, 3.8) is 0 Å². The van der Waals surface area contributed by atoms with Gasteiger partial charge in [0.2, 0.25) is 0 Å². The average molecular weight is 338 g/mol. The first-order valence-electron chi connectivity index (χ1n) is 6.81. The molecule has 8 heteroatoms. The van der Waals surface area contributed by atoms with E-state index in [0.717, 1.165) is 12.1 Å². The third-order valence-electron chi connectivity index (χ3n) is 2.96. The van der Waals surface area contributed by atoms with Crippen LogP contribution in [-0.4, -0.2) is 27.2 Å². The summed E-state index contributed by atoms with van der Waals surface area (Å²) in [7, 11) is 0. The second kappa shape index (κ2) is 7.22. The van der Waals surface area contributed by atoms with Gasteiger partial charge in [-0.3, -0.25) is 4.79 Å². The topological polar surface area (TPSA) is 72.3 Å². The summed E-state index contributed by atoms with van der Waals surface area (Å²) in [5.41, 5.74) is 0.255. The lowest BCUT2D eigenvalue weighted by molar-refractivity contribution is -0.206. The number of nitrogens with zero attached hydrogens (tertiary/aromatic N) is 2. The Bertz CT molecular complexity index is 747. The van der Waals surface area contributed by atoms with Crippen molar-refractivity contribution >= 4 is 5.97 Å². The summed E-state index contributed by atoms with van der Waals surface area (Å²) in [6.07, 6.45) is -4.72. The third-order valence-corrected chi connectivity index (χ3v) is 2.96. The molecule has 24 heavy (non-hydrogen) atoms. The minimum atomic E-state index is -4.77. The Morgan fingerprint density at radius 1 is 1.38 bits per heavy atom. The minimum absolute atomic E-state index is 0.0269. The Morgan fingerprint density at radius 3 is 2.79 bits per heavy atom. The van der Waals surface area contributed by atoms with Crippen LogP contribution in [0.2, 0.25) is 0 Å². The molecular formula is C16H13F3N2O3. The molecule has 0 radical (unpaired) electrons. The number of aliphatic hydroxyl groups excluding tert-OH is 1. The Labute approximate surface area is 135 Å². The average Bonchev–Trinajstić information content (AvgIpc) is 2.54. The van der Waals surface area contributed by atoms with Gasteiger partial charge >= 0.3 is 18.2 Å². The number of hydrogen-bond donors (Lipinski definition) is 1. The first-order valence-corrected chi connectivity index (χ1v) is 6.81. The lowest BCUT2D eigenvalue weighted by atomic mass is 10.0. The third kappa shape index (κ3) is 4.39. The molecule has 0 aliphatic carbocycles. The summed E-state index contributed by atoms with van der Waals surface area (Å²) in [5.74, 6) is -0.608. The number of ether oxygens (including phenoxy) is 1. The van der Waals surface area contributed by atoms with Crippen molar-refractivity contribution in [2.75, 3.05) is 0 Å². The zero-order chi connectivity index (χ0) is 17.7. The molecule has 5 nitrogen and oxygen atoms in total. The van der Waals surface area contributed by atoms with Gasteiger partial charge in [-0.2, -0.15) is 18.2 Å². The van der Waals surface area contributed by atoms with Crippen molar-refractivity contribution in [3.8, 4) is 17.3 Å². The van der Waals surface area contributed by atoms with Gasteiger partial charge in [0.25, 0.3) is 0 Å². The summed E-state index contributed by atoms with van der Waals surface area (Å²) in [6.45, 7) is 3.40. The van der Waals surface area contributed by atoms with E-state index < -0.39 is 18.2 Å². The molecule has 0 fully saturated rings. The van der Waals surface area contributed by atoms with Crippen LogP contribution >= 0.6 is 0 Å². The van der Waals surface area contributed by atoms with Crippen molar-refractivity contribution in [2.45, 2.75) is 18.7 Å². The molecule has 0 spiro atoms. The van der Waals surface area contributed by atoms with E-state index in [1.165, 1.54) is 30.5 Å². The number of esters is 1. The van der Waals surface area contributed by atoms with Crippen molar-refractivity contribution in [3.05, 3.63) is 54.7 Å². The zero-order valence-electron chi connectivity index (χ0n) is 12.3. The molecule has 0 saturated heterocycles. The Hall–Kier alpha value is -2.74. The van der Waals surface area contributed by atoms with Gasteiger partial charge in [-0.05, 0) is 17.7 Å². The summed E-state index contributed by atoms with van der Waals surface area (Å²) in [6, 6.07) is 6.43. The summed E-state index contributed by atoms with van der Waals surface area (Å²) in [4.78, 5) is 19.1. The van der Waals surface area contributed by atoms with Gasteiger partial charge in [0.15, 0.2) is 6.10 Å². The number of alkyl halides is 3. The van der Waals surface area contributed by atoms with Crippen LogP contribution in [0.4, 0.5) is 13.2 Å². The molecule has 0 aliphatic heterocycles. The first kappa shape index (κ1) is 17.6. The highest BCUT2D eigenvalue weighted by Crippen LogP contribution is 2.33. The van der Waals surface area contributed by atoms with E-state index in [2.05, 4.69) is 16.5 Å². The van der Waals surface area contributed by atoms with Crippen LogP contribution in [0.5, 0.6) is 6.01 Å². The smallest absolute Gasteiger partial charge is 0.391 e. The molecule has 0 amide bonds. The van der Waals surface area contributed by atoms with Gasteiger partial charge in [0.05, 0.1) is 12.1 Å². The van der Waals surface area contributed by atoms with Crippen LogP contribution in [-0.2, 0) is 4.79 Å². The molecule has 2 rings (SSSR count). The fourth-order valence-corrected chi connectivity index (χ4v) is 1.87. The highest BCUT2D eigenvalue weighted by atomic mass is 19.4. The van der Waals surface area contributed by atoms with Gasteiger partial charge in [-0.25, -0.2) is 4.98 Å². The van der Waals surface area contributed by atoms with E-state index >= 15 is 0 Å². The van der Waals surface area contributed by atoms with Crippen molar-refractivity contribution in [2.24, 2.45) is 0 Å². The molecule has 1 heterocycles. The minimum Gasteiger partial charge on any atom is -0.391 e. The van der Waals surface area contributed by atoms with E-state index in [1.807, 2.05) is 0 Å². The SMILES string of the molecule is C=CCC(=O)Oc1nccc(-c2cccc(C(O)C(F)(F)F)c2)n1. The lowest BCUT2D eigenvalue weighted by Gasteiger charge is -2.15. The zero-order valence-corrected chi connectivity index (χ0v) is 12.3. The first-order chi connectivity index (χ1) is 11.3. The molecular weight excluding hydrogens is 325 g/mol. The molecule has 0 saturated carbocycles. The van der Waals surface area contributed by atoms with Crippen LogP contribution in [0, 0.1) is 0 Å². The Kier molecular flexibility index (Phi) is 5.30. The van der Waals surface area contributed by atoms with Gasteiger partial charge in [-0.15, -0.1) is 6.58 Å². The van der Waals surface area contributed by atoms with E-state index in [4.69, 9.17) is 4.74 Å². The number of carbonyl (C=O) groups excluding carboxylic acids is 1. The monoisotopic (exact) mass is 338 g/mol. The van der Waals surface area contributed by atoms with Crippen molar-refractivity contribution in [1.29, 1.82) is 0 Å². The van der Waals surface area contributed by atoms with Crippen molar-refractivity contribution in [1.82, 2.24) is 9.97 Å². The maximum atomic E-state index is 12.6. The van der Waals surface area contributed by atoms with Gasteiger partial charge < -0.3 is 9.84 Å². The second-order valence-electron chi connectivity index (χ2n) is 4.76. The molecule has 1 N–H and O–H groups in total. The van der Waals surface area contributed by atoms with Crippen LogP contribution in [0.1, 0.15) is 18.1 Å². The summed E-state index contributed by atoms with van der Waals surface area (Å²) in [5, 5.41) is 9.32. The van der Waals surface area contributed by atoms with E-state index in [9.17, 15) is 23.1 Å². The second-order valence-corrected chi connectivity index (χ2v) is 4.76. The number of halogens is 3. The predicted octanol–water partition coefficient (Wildman–Crippen LogP) is 3.22. The lowest BCUT2D eigenvalue weighted by Crippen LogP contribution is -2.20. The molecule has 1 unspecified atom stereocenters. The number of rotatable bonds is 5. The molecule has 0 aliphatic rings. The summed E-state index contributed by atoms with van der Waals surface area (Å²) >= 11 is 0. The molecule has 1 aromatic heterocycles. The van der Waals surface area contributed by atoms with Crippen LogP contribution in [0.15, 0.2) is 49.2 Å². The van der Waals surface area contributed by atoms with Gasteiger partial charge in [-0.1, -0.05) is 24.3 Å². The number of benzene rings is 1. The molecule has 1 atom stereocenters. The molecule has 1 aromatic carbocycles. The number of aromatic nitrogens is 2. The predicted molar refractivity (Wildman–Crippen MR) is 78.9 cm³/mol. The van der Waals surface area contributed by atoms with Crippen molar-refractivity contribution < 1.29 is 27.8 Å². The van der Waals surface area contributed by atoms with E-state index in [0.29, 0.717) is 5.56 Å². The van der Waals surface area contributed by atoms with Crippen LogP contribution in [0.25, 0.3) is 11.3 Å². The highest BCUT2D eigenvalue weighted by molar-refractivity contribution is 5.73. The number of hydrogen-bond acceptors (Lipinski definition) is 5. The van der Waals surface area contributed by atoms with E-state index in [-0.39, 0.29) is 23.7 Å². The van der Waals surface area contributed by atoms with E-state index in [1.54, 1.807) is 0 Å². The number of aliphatic hydroxyl groups is 1. The van der Waals surface area contributed by atoms with Gasteiger partial charge in [0, 0.05) is 11.8 Å². The van der Waals surface area contributed by atoms with Gasteiger partial charge in [0.1, 0.15) is 0 Å². The van der Waals surface area contributed by atoms with Crippen LogP contribution in [0.3, 0.4) is 0 Å². The highest BCUT2D eigenvalue weighted by Gasteiger charge is 2.39. The van der Waals surface area contributed by atoms with Crippen LogP contribution < -0.4 is 4.74 Å². The fraction of sp³-hybridized carbons (Fsp3) is 0.188. The standard InChI is InChI=1S/C16H13F3N2O3/c1-2-4-13(22)24-15-20-8-7-12(21-15)10-5-3-6-11(9-10)14(23)16(17,18)19/h2-3,5-9,14,23H,1,4H2. The molecule has 0 bridgehead atoms. The quantitative estimate of drug-likeness (QED) is 0.669. The number of carbonyl (C=O) groups is 1. The maximum Gasteiger partial charge on any atom is 0.418 e. The fourth-order valence-electron chi connectivity index (χ4n) is 1.87. The Morgan fingerprint density at radius 2 is 2.12 bits per heavy atom. The molecule has 2 aromatic rings. The Balaban J connectivity index is 2.29.